The first-order valence-electron chi connectivity index (χ1n) is 16.9. The van der Waals surface area contributed by atoms with Gasteiger partial charge in [0.05, 0.1) is 6.61 Å². The van der Waals surface area contributed by atoms with E-state index in [1.165, 1.54) is 6.92 Å². The molecule has 1 saturated heterocycles. The number of rotatable bonds is 17. The van der Waals surface area contributed by atoms with Crippen LogP contribution in [-0.4, -0.2) is 74.3 Å². The van der Waals surface area contributed by atoms with E-state index in [9.17, 15) is 19.2 Å². The number of azide groups is 1. The molecule has 3 aromatic rings. The summed E-state index contributed by atoms with van der Waals surface area (Å²) >= 11 is 0. The second-order valence-electron chi connectivity index (χ2n) is 12.2. The van der Waals surface area contributed by atoms with E-state index in [4.69, 9.17) is 43.4 Å². The van der Waals surface area contributed by atoms with E-state index in [1.807, 2.05) is 67.6 Å². The summed E-state index contributed by atoms with van der Waals surface area (Å²) in [7, 11) is 0. The largest absolute Gasteiger partial charge is 0.494 e. The average Bonchev–Trinajstić information content (AvgIpc) is 3.11. The normalized spacial score (nSPS) is 19.2. The fourth-order valence-corrected chi connectivity index (χ4v) is 5.60. The van der Waals surface area contributed by atoms with Crippen LogP contribution in [0.4, 0.5) is 0 Å². The van der Waals surface area contributed by atoms with Gasteiger partial charge in [0.25, 0.3) is 0 Å². The zero-order valence-electron chi connectivity index (χ0n) is 30.2. The molecule has 15 nitrogen and oxygen atoms in total. The Labute approximate surface area is 307 Å². The van der Waals surface area contributed by atoms with Gasteiger partial charge in [-0.1, -0.05) is 47.6 Å². The van der Waals surface area contributed by atoms with E-state index in [0.717, 1.165) is 43.0 Å². The van der Waals surface area contributed by atoms with Crippen molar-refractivity contribution in [3.8, 4) is 17.2 Å². The van der Waals surface area contributed by atoms with Gasteiger partial charge in [-0.05, 0) is 53.8 Å². The molecule has 5 atom stereocenters. The summed E-state index contributed by atoms with van der Waals surface area (Å²) in [5, 5.41) is 3.51. The van der Waals surface area contributed by atoms with Gasteiger partial charge < -0.3 is 37.9 Å². The summed E-state index contributed by atoms with van der Waals surface area (Å²) in [6.07, 6.45) is -5.84. The first-order chi connectivity index (χ1) is 25.4. The van der Waals surface area contributed by atoms with Crippen LogP contribution < -0.4 is 14.2 Å². The van der Waals surface area contributed by atoms with Crippen LogP contribution in [0.1, 0.15) is 56.4 Å². The topological polar surface area (TPSA) is 191 Å². The maximum Gasteiger partial charge on any atom is 0.303 e. The Morgan fingerprint density at radius 2 is 1.43 bits per heavy atom. The van der Waals surface area contributed by atoms with Crippen molar-refractivity contribution in [2.75, 3.05) is 19.8 Å². The summed E-state index contributed by atoms with van der Waals surface area (Å²) in [4.78, 5) is 51.6. The first kappa shape index (κ1) is 40.0. The summed E-state index contributed by atoms with van der Waals surface area (Å²) in [6, 6.07) is 20.6. The van der Waals surface area contributed by atoms with Crippen molar-refractivity contribution in [3.05, 3.63) is 99.4 Å². The van der Waals surface area contributed by atoms with Gasteiger partial charge in [-0.15, -0.1) is 0 Å². The molecule has 0 saturated carbocycles. The smallest absolute Gasteiger partial charge is 0.303 e. The molecule has 1 fully saturated rings. The highest BCUT2D eigenvalue weighted by molar-refractivity contribution is 5.68. The Hall–Kier alpha value is -5.79. The third-order valence-corrected chi connectivity index (χ3v) is 7.88. The van der Waals surface area contributed by atoms with Gasteiger partial charge in [0.1, 0.15) is 36.6 Å². The third-order valence-electron chi connectivity index (χ3n) is 7.88. The van der Waals surface area contributed by atoms with Crippen molar-refractivity contribution in [3.63, 3.8) is 0 Å². The van der Waals surface area contributed by atoms with Crippen molar-refractivity contribution in [2.45, 2.75) is 84.8 Å². The lowest BCUT2D eigenvalue weighted by Gasteiger charge is -2.44. The van der Waals surface area contributed by atoms with Gasteiger partial charge in [0.15, 0.2) is 12.2 Å². The standard InChI is InChI=1S/C38H43N3O12/c1-23-18-31(48-21-29-10-7-6-8-11-29)20-33(32(23)19-28-12-14-30(15-13-28)46-17-9-16-40-41-39)52-38-37(51-27(5)45)36(50-26(4)44)35(49-25(3)43)34(53-38)22-47-24(2)42/h6-8,10-15,18,20,34-38H,9,16-17,19,21-22H2,1-5H3/t34-,35-,36+,37-,38-/m1/s1. The highest BCUT2D eigenvalue weighted by atomic mass is 16.7. The maximum atomic E-state index is 12.4. The van der Waals surface area contributed by atoms with Crippen molar-refractivity contribution < 1.29 is 57.1 Å². The minimum Gasteiger partial charge on any atom is -0.494 e. The van der Waals surface area contributed by atoms with Crippen LogP contribution in [0, 0.1) is 6.92 Å². The number of carbonyl (C=O) groups is 4. The molecule has 0 aromatic heterocycles. The Bertz CT molecular complexity index is 1760. The first-order valence-corrected chi connectivity index (χ1v) is 16.9. The number of hydrogen-bond acceptors (Lipinski definition) is 13. The summed E-state index contributed by atoms with van der Waals surface area (Å²) in [5.74, 6) is -1.47. The van der Waals surface area contributed by atoms with Gasteiger partial charge >= 0.3 is 23.9 Å². The monoisotopic (exact) mass is 733 g/mol. The SMILES string of the molecule is CC(=O)OC[C@H]1O[C@@H](Oc2cc(OCc3ccccc3)cc(C)c2Cc2ccc(OCCCN=[N+]=[N-])cc2)[C@H](OC(C)=O)[C@@H](OC(C)=O)[C@@H]1OC(C)=O. The van der Waals surface area contributed by atoms with Crippen LogP contribution >= 0.6 is 0 Å². The Morgan fingerprint density at radius 1 is 0.774 bits per heavy atom. The van der Waals surface area contributed by atoms with E-state index >= 15 is 0 Å². The van der Waals surface area contributed by atoms with Crippen LogP contribution in [0.15, 0.2) is 71.8 Å². The molecule has 1 heterocycles. The van der Waals surface area contributed by atoms with Crippen molar-refractivity contribution in [1.29, 1.82) is 0 Å². The number of benzene rings is 3. The van der Waals surface area contributed by atoms with Crippen molar-refractivity contribution >= 4 is 23.9 Å². The van der Waals surface area contributed by atoms with Gasteiger partial charge in [0, 0.05) is 57.2 Å². The lowest BCUT2D eigenvalue weighted by atomic mass is 9.97. The third kappa shape index (κ3) is 12.4. The molecule has 15 heteroatoms. The minimum atomic E-state index is -1.45. The Balaban J connectivity index is 1.72. The molecule has 0 spiro atoms. The zero-order valence-corrected chi connectivity index (χ0v) is 30.2. The highest BCUT2D eigenvalue weighted by Crippen LogP contribution is 2.36. The van der Waals surface area contributed by atoms with E-state index in [-0.39, 0.29) is 6.61 Å². The molecule has 1 aliphatic rings. The molecule has 3 aromatic carbocycles. The number of ether oxygens (including phenoxy) is 8. The molecule has 1 aliphatic heterocycles. The zero-order chi connectivity index (χ0) is 38.3. The fourth-order valence-electron chi connectivity index (χ4n) is 5.60. The van der Waals surface area contributed by atoms with Crippen LogP contribution in [0.3, 0.4) is 0 Å². The van der Waals surface area contributed by atoms with Crippen LogP contribution in [0.2, 0.25) is 0 Å². The summed E-state index contributed by atoms with van der Waals surface area (Å²) < 4.78 is 46.7. The van der Waals surface area contributed by atoms with Gasteiger partial charge in [-0.25, -0.2) is 0 Å². The molecule has 0 unspecified atom stereocenters. The molecule has 53 heavy (non-hydrogen) atoms. The maximum absolute atomic E-state index is 12.4. The van der Waals surface area contributed by atoms with Crippen LogP contribution in [-0.2, 0) is 55.9 Å². The number of nitrogens with zero attached hydrogens (tertiary/aromatic N) is 3. The number of hydrogen-bond donors (Lipinski definition) is 0. The number of carbonyl (C=O) groups excluding carboxylic acids is 4. The second kappa shape index (κ2) is 19.7. The van der Waals surface area contributed by atoms with Crippen LogP contribution in [0.25, 0.3) is 10.4 Å². The fraction of sp³-hybridized carbons (Fsp3) is 0.421. The minimum absolute atomic E-state index is 0.266. The molecular weight excluding hydrogens is 690 g/mol. The Morgan fingerprint density at radius 3 is 2.08 bits per heavy atom. The second-order valence-corrected chi connectivity index (χ2v) is 12.2. The van der Waals surface area contributed by atoms with Crippen molar-refractivity contribution in [2.24, 2.45) is 5.11 Å². The number of aryl methyl sites for hydroxylation is 1. The molecule has 4 rings (SSSR count). The van der Waals surface area contributed by atoms with Crippen LogP contribution in [0.5, 0.6) is 17.2 Å². The van der Waals surface area contributed by atoms with Gasteiger partial charge in [0.2, 0.25) is 12.4 Å². The molecule has 0 amide bonds. The van der Waals surface area contributed by atoms with E-state index in [1.54, 1.807) is 6.07 Å². The predicted molar refractivity (Wildman–Crippen MR) is 188 cm³/mol. The quantitative estimate of drug-likeness (QED) is 0.0411. The Kier molecular flexibility index (Phi) is 14.9. The lowest BCUT2D eigenvalue weighted by Crippen LogP contribution is -2.63. The number of esters is 4. The van der Waals surface area contributed by atoms with Gasteiger partial charge in [-0.2, -0.15) is 0 Å². The summed E-state index contributed by atoms with van der Waals surface area (Å²) in [5.41, 5.74) is 11.8. The summed E-state index contributed by atoms with van der Waals surface area (Å²) in [6.45, 7) is 7.14. The molecule has 0 bridgehead atoms. The molecule has 282 valence electrons. The van der Waals surface area contributed by atoms with E-state index in [2.05, 4.69) is 10.0 Å². The molecular formula is C38H43N3O12. The molecule has 0 N–H and O–H groups in total. The molecule has 0 radical (unpaired) electrons. The van der Waals surface area contributed by atoms with E-state index < -0.39 is 61.2 Å². The molecule has 0 aliphatic carbocycles. The van der Waals surface area contributed by atoms with E-state index in [0.29, 0.717) is 43.2 Å². The average molecular weight is 734 g/mol. The predicted octanol–water partition coefficient (Wildman–Crippen LogP) is 5.71. The van der Waals surface area contributed by atoms with Crippen molar-refractivity contribution in [1.82, 2.24) is 0 Å². The lowest BCUT2D eigenvalue weighted by molar-refractivity contribution is -0.288. The highest BCUT2D eigenvalue weighted by Gasteiger charge is 2.53. The van der Waals surface area contributed by atoms with Gasteiger partial charge in [-0.3, -0.25) is 19.2 Å².